The van der Waals surface area contributed by atoms with E-state index in [0.717, 1.165) is 5.56 Å². The fourth-order valence-electron chi connectivity index (χ4n) is 1.21. The van der Waals surface area contributed by atoms with Gasteiger partial charge in [0.2, 0.25) is 5.43 Å². The van der Waals surface area contributed by atoms with Gasteiger partial charge < -0.3 is 0 Å². The van der Waals surface area contributed by atoms with Crippen molar-refractivity contribution in [2.75, 3.05) is 0 Å². The van der Waals surface area contributed by atoms with Crippen LogP contribution in [0.1, 0.15) is 5.69 Å². The Morgan fingerprint density at radius 2 is 1.86 bits per heavy atom. The number of rotatable bonds is 1. The molecular weight excluding hydrogens is 178 g/mol. The predicted molar refractivity (Wildman–Crippen MR) is 52.8 cm³/mol. The lowest BCUT2D eigenvalue weighted by molar-refractivity contribution is 0.833. The molecule has 4 nitrogen and oxygen atoms in total. The highest BCUT2D eigenvalue weighted by Crippen LogP contribution is 2.10. The number of hydrogen-bond acceptors (Lipinski definition) is 3. The maximum atomic E-state index is 11.6. The van der Waals surface area contributed by atoms with Gasteiger partial charge in [0.25, 0.3) is 0 Å². The van der Waals surface area contributed by atoms with E-state index in [0.29, 0.717) is 11.4 Å². The topological polar surface area (TPSA) is 58.6 Å². The fourth-order valence-corrected chi connectivity index (χ4v) is 1.21. The quantitative estimate of drug-likeness (QED) is 0.728. The first-order chi connectivity index (χ1) is 6.79. The van der Waals surface area contributed by atoms with Crippen molar-refractivity contribution in [2.45, 2.75) is 6.92 Å². The van der Waals surface area contributed by atoms with Gasteiger partial charge in [0.15, 0.2) is 0 Å². The molecule has 0 radical (unpaired) electrons. The van der Waals surface area contributed by atoms with Gasteiger partial charge in [0, 0.05) is 5.56 Å². The number of aromatic nitrogens is 3. The number of H-pyrrole nitrogens is 1. The molecule has 1 aromatic carbocycles. The molecule has 0 aliphatic heterocycles. The molecule has 0 atom stereocenters. The van der Waals surface area contributed by atoms with E-state index in [1.54, 1.807) is 6.92 Å². The number of aryl methyl sites for hydroxylation is 1. The zero-order valence-corrected chi connectivity index (χ0v) is 7.69. The van der Waals surface area contributed by atoms with Crippen LogP contribution in [0.2, 0.25) is 0 Å². The number of hydrogen-bond donors (Lipinski definition) is 1. The molecule has 2 aromatic rings. The molecule has 1 aromatic heterocycles. The minimum atomic E-state index is -0.130. The van der Waals surface area contributed by atoms with Crippen LogP contribution < -0.4 is 5.43 Å². The zero-order chi connectivity index (χ0) is 9.97. The number of aromatic amines is 1. The van der Waals surface area contributed by atoms with Gasteiger partial charge in [-0.1, -0.05) is 30.3 Å². The Bertz CT molecular complexity index is 490. The van der Waals surface area contributed by atoms with E-state index in [1.165, 1.54) is 0 Å². The molecule has 0 fully saturated rings. The molecular formula is C10H9N3O. The van der Waals surface area contributed by atoms with Crippen LogP contribution in [-0.4, -0.2) is 15.4 Å². The highest BCUT2D eigenvalue weighted by Gasteiger charge is 2.06. The van der Waals surface area contributed by atoms with Crippen LogP contribution in [-0.2, 0) is 0 Å². The SMILES string of the molecule is Cc1n[nH]nc(-c2ccccc2)c1=O. The van der Waals surface area contributed by atoms with Crippen molar-refractivity contribution >= 4 is 0 Å². The first-order valence-corrected chi connectivity index (χ1v) is 4.26. The summed E-state index contributed by atoms with van der Waals surface area (Å²) in [5, 5.41) is 10.0. The van der Waals surface area contributed by atoms with Gasteiger partial charge in [-0.25, -0.2) is 0 Å². The van der Waals surface area contributed by atoms with E-state index in [-0.39, 0.29) is 5.43 Å². The third kappa shape index (κ3) is 1.42. The van der Waals surface area contributed by atoms with E-state index >= 15 is 0 Å². The summed E-state index contributed by atoms with van der Waals surface area (Å²) in [4.78, 5) is 11.6. The van der Waals surface area contributed by atoms with Crippen LogP contribution in [0, 0.1) is 6.92 Å². The maximum Gasteiger partial charge on any atom is 0.229 e. The molecule has 0 amide bonds. The van der Waals surface area contributed by atoms with Crippen LogP contribution in [0.4, 0.5) is 0 Å². The average Bonchev–Trinajstić information content (AvgIpc) is 2.23. The van der Waals surface area contributed by atoms with E-state index in [4.69, 9.17) is 0 Å². The van der Waals surface area contributed by atoms with Crippen molar-refractivity contribution in [2.24, 2.45) is 0 Å². The second-order valence-electron chi connectivity index (χ2n) is 2.95. The molecule has 4 heteroatoms. The molecule has 70 valence electrons. The molecule has 14 heavy (non-hydrogen) atoms. The van der Waals surface area contributed by atoms with Gasteiger partial charge >= 0.3 is 0 Å². The zero-order valence-electron chi connectivity index (χ0n) is 7.69. The van der Waals surface area contributed by atoms with Crippen molar-refractivity contribution in [1.29, 1.82) is 0 Å². The third-order valence-corrected chi connectivity index (χ3v) is 1.97. The molecule has 0 bridgehead atoms. The number of nitrogens with zero attached hydrogens (tertiary/aromatic N) is 2. The smallest absolute Gasteiger partial charge is 0.229 e. The molecule has 1 heterocycles. The Kier molecular flexibility index (Phi) is 2.10. The lowest BCUT2D eigenvalue weighted by Crippen LogP contribution is -2.14. The second kappa shape index (κ2) is 3.41. The van der Waals surface area contributed by atoms with Crippen molar-refractivity contribution in [1.82, 2.24) is 15.4 Å². The van der Waals surface area contributed by atoms with Crippen LogP contribution in [0.5, 0.6) is 0 Å². The molecule has 0 unspecified atom stereocenters. The fraction of sp³-hybridized carbons (Fsp3) is 0.100. The number of nitrogens with one attached hydrogen (secondary N) is 1. The molecule has 0 aliphatic carbocycles. The average molecular weight is 187 g/mol. The Balaban J connectivity index is 2.64. The summed E-state index contributed by atoms with van der Waals surface area (Å²) in [5.41, 5.74) is 1.52. The minimum absolute atomic E-state index is 0.130. The first-order valence-electron chi connectivity index (χ1n) is 4.26. The van der Waals surface area contributed by atoms with Crippen molar-refractivity contribution in [3.8, 4) is 11.3 Å². The van der Waals surface area contributed by atoms with Gasteiger partial charge in [0.05, 0.1) is 0 Å². The summed E-state index contributed by atoms with van der Waals surface area (Å²) in [5.74, 6) is 0. The summed E-state index contributed by atoms with van der Waals surface area (Å²) in [7, 11) is 0. The monoisotopic (exact) mass is 187 g/mol. The number of benzene rings is 1. The van der Waals surface area contributed by atoms with Crippen LogP contribution in [0.15, 0.2) is 35.1 Å². The van der Waals surface area contributed by atoms with Crippen LogP contribution in [0.25, 0.3) is 11.3 Å². The second-order valence-corrected chi connectivity index (χ2v) is 2.95. The summed E-state index contributed by atoms with van der Waals surface area (Å²) in [6, 6.07) is 9.32. The largest absolute Gasteiger partial charge is 0.285 e. The molecule has 1 N–H and O–H groups in total. The Morgan fingerprint density at radius 3 is 2.57 bits per heavy atom. The Morgan fingerprint density at radius 1 is 1.14 bits per heavy atom. The predicted octanol–water partition coefficient (Wildman–Crippen LogP) is 1.14. The van der Waals surface area contributed by atoms with E-state index in [1.807, 2.05) is 30.3 Å². The van der Waals surface area contributed by atoms with Crippen molar-refractivity contribution in [3.63, 3.8) is 0 Å². The van der Waals surface area contributed by atoms with Gasteiger partial charge in [-0.3, -0.25) is 4.79 Å². The summed E-state index contributed by atoms with van der Waals surface area (Å²) in [6.07, 6.45) is 0. The van der Waals surface area contributed by atoms with Crippen LogP contribution in [0.3, 0.4) is 0 Å². The minimum Gasteiger partial charge on any atom is -0.285 e. The van der Waals surface area contributed by atoms with Crippen LogP contribution >= 0.6 is 0 Å². The van der Waals surface area contributed by atoms with Gasteiger partial charge in [0.1, 0.15) is 11.4 Å². The van der Waals surface area contributed by atoms with Gasteiger partial charge in [-0.2, -0.15) is 15.4 Å². The first kappa shape index (κ1) is 8.62. The summed E-state index contributed by atoms with van der Waals surface area (Å²) < 4.78 is 0. The van der Waals surface area contributed by atoms with Gasteiger partial charge in [-0.05, 0) is 6.92 Å². The summed E-state index contributed by atoms with van der Waals surface area (Å²) >= 11 is 0. The van der Waals surface area contributed by atoms with E-state index < -0.39 is 0 Å². The normalized spacial score (nSPS) is 10.1. The molecule has 0 saturated heterocycles. The molecule has 0 aliphatic rings. The third-order valence-electron chi connectivity index (χ3n) is 1.97. The molecule has 2 rings (SSSR count). The summed E-state index contributed by atoms with van der Waals surface area (Å²) in [6.45, 7) is 1.66. The Hall–Kier alpha value is -1.97. The van der Waals surface area contributed by atoms with E-state index in [9.17, 15) is 4.79 Å². The maximum absolute atomic E-state index is 11.6. The standard InChI is InChI=1S/C10H9N3O/c1-7-10(14)9(12-13-11-7)8-5-3-2-4-6-8/h2-6H,1H3,(H,13,14). The highest BCUT2D eigenvalue weighted by molar-refractivity contribution is 5.58. The Labute approximate surface area is 80.6 Å². The molecule has 0 saturated carbocycles. The van der Waals surface area contributed by atoms with Crippen molar-refractivity contribution in [3.05, 3.63) is 46.2 Å². The van der Waals surface area contributed by atoms with Gasteiger partial charge in [-0.15, -0.1) is 0 Å². The van der Waals surface area contributed by atoms with E-state index in [2.05, 4.69) is 15.4 Å². The lowest BCUT2D eigenvalue weighted by atomic mass is 10.1. The lowest BCUT2D eigenvalue weighted by Gasteiger charge is -1.98. The highest BCUT2D eigenvalue weighted by atomic mass is 16.1. The van der Waals surface area contributed by atoms with Crippen molar-refractivity contribution < 1.29 is 0 Å². The molecule has 0 spiro atoms.